The third-order valence-corrected chi connectivity index (χ3v) is 4.42. The molecule has 0 unspecified atom stereocenters. The summed E-state index contributed by atoms with van der Waals surface area (Å²) in [5, 5.41) is 13.5. The van der Waals surface area contributed by atoms with Gasteiger partial charge in [-0.05, 0) is 24.3 Å². The van der Waals surface area contributed by atoms with E-state index in [1.165, 1.54) is 18.2 Å². The van der Waals surface area contributed by atoms with E-state index < -0.39 is 26.5 Å². The van der Waals surface area contributed by atoms with E-state index in [9.17, 15) is 22.9 Å². The van der Waals surface area contributed by atoms with Crippen LogP contribution in [0.1, 0.15) is 0 Å². The number of nitro benzene ring substituents is 1. The first-order valence-electron chi connectivity index (χ1n) is 6.63. The van der Waals surface area contributed by atoms with Crippen LogP contribution in [0.4, 0.5) is 15.8 Å². The van der Waals surface area contributed by atoms with Crippen LogP contribution < -0.4 is 10.0 Å². The minimum Gasteiger partial charge on any atom is -0.378 e. The van der Waals surface area contributed by atoms with Crippen LogP contribution in [0.15, 0.2) is 53.4 Å². The molecule has 0 aliphatic heterocycles. The lowest BCUT2D eigenvalue weighted by Gasteiger charge is -2.09. The van der Waals surface area contributed by atoms with E-state index in [0.717, 1.165) is 12.1 Å². The second-order valence-corrected chi connectivity index (χ2v) is 6.32. The number of nitro groups is 1. The molecular formula is C14H14FN3O4S. The van der Waals surface area contributed by atoms with Gasteiger partial charge in [0.2, 0.25) is 10.0 Å². The number of hydrogen-bond donors (Lipinski definition) is 2. The highest BCUT2D eigenvalue weighted by atomic mass is 32.2. The van der Waals surface area contributed by atoms with Gasteiger partial charge in [0.1, 0.15) is 11.5 Å². The smallest absolute Gasteiger partial charge is 0.295 e. The largest absolute Gasteiger partial charge is 0.378 e. The fourth-order valence-corrected chi connectivity index (χ4v) is 2.92. The molecule has 23 heavy (non-hydrogen) atoms. The predicted molar refractivity (Wildman–Crippen MR) is 83.2 cm³/mol. The molecule has 0 aliphatic rings. The van der Waals surface area contributed by atoms with Gasteiger partial charge in [0, 0.05) is 13.1 Å². The van der Waals surface area contributed by atoms with Crippen molar-refractivity contribution < 1.29 is 17.7 Å². The third-order valence-electron chi connectivity index (χ3n) is 2.94. The van der Waals surface area contributed by atoms with E-state index in [0.29, 0.717) is 0 Å². The number of nitrogens with zero attached hydrogens (tertiary/aromatic N) is 1. The maximum atomic E-state index is 13.0. The number of rotatable bonds is 7. The van der Waals surface area contributed by atoms with E-state index >= 15 is 0 Å². The Kier molecular flexibility index (Phi) is 5.24. The van der Waals surface area contributed by atoms with Gasteiger partial charge in [-0.15, -0.1) is 0 Å². The molecule has 0 aromatic heterocycles. The summed E-state index contributed by atoms with van der Waals surface area (Å²) in [6.07, 6.45) is 0. The van der Waals surface area contributed by atoms with E-state index in [1.807, 2.05) is 0 Å². The van der Waals surface area contributed by atoms with E-state index in [1.54, 1.807) is 18.2 Å². The van der Waals surface area contributed by atoms with Gasteiger partial charge in [-0.3, -0.25) is 10.1 Å². The van der Waals surface area contributed by atoms with Crippen LogP contribution in [-0.2, 0) is 10.0 Å². The Balaban J connectivity index is 1.95. The van der Waals surface area contributed by atoms with Crippen LogP contribution in [0.25, 0.3) is 0 Å². The quantitative estimate of drug-likeness (QED) is 0.457. The maximum absolute atomic E-state index is 13.0. The Bertz CT molecular complexity index is 797. The first kappa shape index (κ1) is 16.8. The molecule has 9 heteroatoms. The molecule has 0 atom stereocenters. The molecule has 122 valence electrons. The van der Waals surface area contributed by atoms with Gasteiger partial charge in [-0.25, -0.2) is 17.5 Å². The molecule has 0 aliphatic carbocycles. The first-order valence-corrected chi connectivity index (χ1v) is 8.11. The SMILES string of the molecule is O=[N+]([O-])c1cc(F)ccc1NCCNS(=O)(=O)c1ccccc1. The molecular weight excluding hydrogens is 325 g/mol. The van der Waals surface area contributed by atoms with E-state index in [4.69, 9.17) is 0 Å². The third kappa shape index (κ3) is 4.47. The van der Waals surface area contributed by atoms with Gasteiger partial charge in [0.15, 0.2) is 0 Å². The zero-order valence-electron chi connectivity index (χ0n) is 11.9. The van der Waals surface area contributed by atoms with E-state index in [-0.39, 0.29) is 23.7 Å². The summed E-state index contributed by atoms with van der Waals surface area (Å²) in [5.74, 6) is -0.716. The zero-order chi connectivity index (χ0) is 16.9. The summed E-state index contributed by atoms with van der Waals surface area (Å²) in [5.41, 5.74) is -0.286. The number of nitrogens with one attached hydrogen (secondary N) is 2. The normalized spacial score (nSPS) is 11.2. The molecule has 2 rings (SSSR count). The fourth-order valence-electron chi connectivity index (χ4n) is 1.87. The summed E-state index contributed by atoms with van der Waals surface area (Å²) in [7, 11) is -3.63. The van der Waals surface area contributed by atoms with Gasteiger partial charge in [0.25, 0.3) is 5.69 Å². The predicted octanol–water partition coefficient (Wildman–Crippen LogP) is 2.12. The van der Waals surface area contributed by atoms with Crippen molar-refractivity contribution in [3.8, 4) is 0 Å². The van der Waals surface area contributed by atoms with Crippen molar-refractivity contribution in [1.29, 1.82) is 0 Å². The molecule has 0 bridgehead atoms. The molecule has 0 fully saturated rings. The monoisotopic (exact) mass is 339 g/mol. The molecule has 2 N–H and O–H groups in total. The maximum Gasteiger partial charge on any atom is 0.295 e. The van der Waals surface area contributed by atoms with Crippen molar-refractivity contribution in [3.63, 3.8) is 0 Å². The molecule has 7 nitrogen and oxygen atoms in total. The zero-order valence-corrected chi connectivity index (χ0v) is 12.7. The van der Waals surface area contributed by atoms with Crippen LogP contribution in [0.2, 0.25) is 0 Å². The summed E-state index contributed by atoms with van der Waals surface area (Å²) in [6, 6.07) is 11.0. The van der Waals surface area contributed by atoms with Crippen molar-refractivity contribution >= 4 is 21.4 Å². The number of anilines is 1. The highest BCUT2D eigenvalue weighted by molar-refractivity contribution is 7.89. The minimum absolute atomic E-state index is 0.0196. The molecule has 0 spiro atoms. The van der Waals surface area contributed by atoms with Crippen molar-refractivity contribution in [3.05, 3.63) is 64.5 Å². The van der Waals surface area contributed by atoms with Crippen LogP contribution in [0.3, 0.4) is 0 Å². The van der Waals surface area contributed by atoms with Crippen molar-refractivity contribution in [1.82, 2.24) is 4.72 Å². The highest BCUT2D eigenvalue weighted by Crippen LogP contribution is 2.24. The molecule has 0 saturated heterocycles. The number of hydrogen-bond acceptors (Lipinski definition) is 5. The average Bonchev–Trinajstić information content (AvgIpc) is 2.53. The fraction of sp³-hybridized carbons (Fsp3) is 0.143. The lowest BCUT2D eigenvalue weighted by atomic mass is 10.2. The summed E-state index contributed by atoms with van der Waals surface area (Å²) < 4.78 is 39.3. The minimum atomic E-state index is -3.63. The average molecular weight is 339 g/mol. The Morgan fingerprint density at radius 1 is 1.09 bits per heavy atom. The number of sulfonamides is 1. The molecule has 0 radical (unpaired) electrons. The number of benzene rings is 2. The molecule has 2 aromatic carbocycles. The first-order chi connectivity index (χ1) is 10.9. The second-order valence-electron chi connectivity index (χ2n) is 4.56. The van der Waals surface area contributed by atoms with Gasteiger partial charge in [-0.1, -0.05) is 18.2 Å². The Hall–Kier alpha value is -2.52. The highest BCUT2D eigenvalue weighted by Gasteiger charge is 2.15. The molecule has 0 saturated carbocycles. The molecule has 2 aromatic rings. The lowest BCUT2D eigenvalue weighted by molar-refractivity contribution is -0.384. The van der Waals surface area contributed by atoms with Crippen molar-refractivity contribution in [2.45, 2.75) is 4.90 Å². The molecule has 0 amide bonds. The van der Waals surface area contributed by atoms with E-state index in [2.05, 4.69) is 10.0 Å². The van der Waals surface area contributed by atoms with Crippen molar-refractivity contribution in [2.24, 2.45) is 0 Å². The standard InChI is InChI=1S/C14H14FN3O4S/c15-11-6-7-13(14(10-11)18(19)20)16-8-9-17-23(21,22)12-4-2-1-3-5-12/h1-7,10,16-17H,8-9H2. The van der Waals surface area contributed by atoms with Crippen LogP contribution in [-0.4, -0.2) is 26.4 Å². The molecule has 0 heterocycles. The second kappa shape index (κ2) is 7.16. The number of halogens is 1. The lowest BCUT2D eigenvalue weighted by Crippen LogP contribution is -2.29. The summed E-state index contributed by atoms with van der Waals surface area (Å²) >= 11 is 0. The van der Waals surface area contributed by atoms with Crippen LogP contribution in [0.5, 0.6) is 0 Å². The Morgan fingerprint density at radius 2 is 1.78 bits per heavy atom. The van der Waals surface area contributed by atoms with Gasteiger partial charge < -0.3 is 5.32 Å². The van der Waals surface area contributed by atoms with Gasteiger partial charge >= 0.3 is 0 Å². The summed E-state index contributed by atoms with van der Waals surface area (Å²) in [4.78, 5) is 10.3. The Labute approximate surface area is 132 Å². The van der Waals surface area contributed by atoms with Crippen LogP contribution in [0, 0.1) is 15.9 Å². The topological polar surface area (TPSA) is 101 Å². The van der Waals surface area contributed by atoms with Gasteiger partial charge in [-0.2, -0.15) is 0 Å². The van der Waals surface area contributed by atoms with Crippen molar-refractivity contribution in [2.75, 3.05) is 18.4 Å². The summed E-state index contributed by atoms with van der Waals surface area (Å²) in [6.45, 7) is 0.129. The Morgan fingerprint density at radius 3 is 2.43 bits per heavy atom. The van der Waals surface area contributed by atoms with Crippen LogP contribution >= 0.6 is 0 Å². The van der Waals surface area contributed by atoms with Gasteiger partial charge in [0.05, 0.1) is 15.9 Å².